The maximum absolute atomic E-state index is 13.4. The normalized spacial score (nSPS) is 11.7. The number of nitrogens with two attached hydrogens (primary N) is 1. The van der Waals surface area contributed by atoms with Crippen LogP contribution >= 0.6 is 0 Å². The fourth-order valence-corrected chi connectivity index (χ4v) is 3.68. The third-order valence-corrected chi connectivity index (χ3v) is 5.29. The van der Waals surface area contributed by atoms with Crippen LogP contribution in [0.2, 0.25) is 0 Å². The zero-order valence-corrected chi connectivity index (χ0v) is 17.2. The van der Waals surface area contributed by atoms with Crippen molar-refractivity contribution in [3.63, 3.8) is 0 Å². The van der Waals surface area contributed by atoms with Gasteiger partial charge < -0.3 is 15.7 Å². The van der Waals surface area contributed by atoms with Crippen molar-refractivity contribution in [2.24, 2.45) is 5.73 Å². The molecule has 2 amide bonds. The number of carbonyl (C=O) groups is 3. The second-order valence-corrected chi connectivity index (χ2v) is 7.51. The van der Waals surface area contributed by atoms with Gasteiger partial charge in [0.05, 0.1) is 0 Å². The minimum atomic E-state index is -1.14. The van der Waals surface area contributed by atoms with Crippen LogP contribution in [0.15, 0.2) is 72.8 Å². The molecule has 3 aromatic rings. The lowest BCUT2D eigenvalue weighted by Gasteiger charge is -2.29. The molecule has 3 N–H and O–H groups in total. The number of fused-ring (bicyclic) bond motifs is 1. The number of amides is 2. The summed E-state index contributed by atoms with van der Waals surface area (Å²) >= 11 is 0. The van der Waals surface area contributed by atoms with Crippen molar-refractivity contribution in [3.05, 3.63) is 83.9 Å². The number of primary amides is 1. The molecule has 0 bridgehead atoms. The van der Waals surface area contributed by atoms with Gasteiger partial charge in [-0.1, -0.05) is 60.7 Å². The molecule has 0 saturated carbocycles. The number of benzene rings is 3. The van der Waals surface area contributed by atoms with Crippen LogP contribution in [0, 0.1) is 0 Å². The van der Waals surface area contributed by atoms with Crippen molar-refractivity contribution < 1.29 is 19.5 Å². The molecular formula is C25H26N2O4. The third kappa shape index (κ3) is 5.92. The van der Waals surface area contributed by atoms with Crippen molar-refractivity contribution in [1.82, 2.24) is 4.90 Å². The van der Waals surface area contributed by atoms with E-state index < -0.39 is 17.9 Å². The number of aliphatic carboxylic acids is 1. The smallest absolute Gasteiger partial charge is 0.326 e. The first kappa shape index (κ1) is 22.0. The Morgan fingerprint density at radius 1 is 0.903 bits per heavy atom. The van der Waals surface area contributed by atoms with Crippen LogP contribution < -0.4 is 5.73 Å². The molecule has 0 aromatic heterocycles. The highest BCUT2D eigenvalue weighted by atomic mass is 16.4. The topological polar surface area (TPSA) is 101 Å². The van der Waals surface area contributed by atoms with Gasteiger partial charge in [-0.3, -0.25) is 9.59 Å². The SMILES string of the molecule is NC(=O)CC[C@@H](C(=O)O)N(CCCc1ccccc1)C(=O)c1ccc2ccccc2c1. The van der Waals surface area contributed by atoms with E-state index in [0.717, 1.165) is 16.3 Å². The molecule has 0 unspecified atom stereocenters. The van der Waals surface area contributed by atoms with Crippen LogP contribution in [-0.4, -0.2) is 40.4 Å². The minimum absolute atomic E-state index is 0.0185. The van der Waals surface area contributed by atoms with Gasteiger partial charge in [0.15, 0.2) is 0 Å². The first-order chi connectivity index (χ1) is 15.0. The zero-order valence-electron chi connectivity index (χ0n) is 17.2. The highest BCUT2D eigenvalue weighted by Crippen LogP contribution is 2.20. The number of carboxylic acids is 1. The molecule has 0 aliphatic heterocycles. The summed E-state index contributed by atoms with van der Waals surface area (Å²) in [7, 11) is 0. The van der Waals surface area contributed by atoms with Gasteiger partial charge in [0.1, 0.15) is 6.04 Å². The van der Waals surface area contributed by atoms with E-state index in [1.54, 1.807) is 12.1 Å². The molecule has 1 atom stereocenters. The predicted molar refractivity (Wildman–Crippen MR) is 120 cm³/mol. The summed E-state index contributed by atoms with van der Waals surface area (Å²) in [5.41, 5.74) is 6.77. The Hall–Kier alpha value is -3.67. The van der Waals surface area contributed by atoms with Crippen LogP contribution in [0.3, 0.4) is 0 Å². The summed E-state index contributed by atoms with van der Waals surface area (Å²) in [5, 5.41) is 11.7. The highest BCUT2D eigenvalue weighted by Gasteiger charge is 2.30. The molecule has 160 valence electrons. The van der Waals surface area contributed by atoms with Crippen molar-refractivity contribution >= 4 is 28.6 Å². The number of hydrogen-bond acceptors (Lipinski definition) is 3. The Kier molecular flexibility index (Phi) is 7.38. The zero-order chi connectivity index (χ0) is 22.2. The molecule has 31 heavy (non-hydrogen) atoms. The summed E-state index contributed by atoms with van der Waals surface area (Å²) in [6.07, 6.45) is 1.20. The molecule has 0 aliphatic carbocycles. The fraction of sp³-hybridized carbons (Fsp3) is 0.240. The van der Waals surface area contributed by atoms with Gasteiger partial charge in [0, 0.05) is 18.5 Å². The van der Waals surface area contributed by atoms with Crippen LogP contribution in [0.25, 0.3) is 10.8 Å². The van der Waals surface area contributed by atoms with Crippen LogP contribution in [-0.2, 0) is 16.0 Å². The lowest BCUT2D eigenvalue weighted by molar-refractivity contribution is -0.142. The molecule has 6 nitrogen and oxygen atoms in total. The van der Waals surface area contributed by atoms with E-state index in [-0.39, 0.29) is 25.3 Å². The van der Waals surface area contributed by atoms with Gasteiger partial charge in [-0.15, -0.1) is 0 Å². The molecule has 0 spiro atoms. The van der Waals surface area contributed by atoms with E-state index in [4.69, 9.17) is 5.73 Å². The Balaban J connectivity index is 1.85. The van der Waals surface area contributed by atoms with E-state index >= 15 is 0 Å². The summed E-state index contributed by atoms with van der Waals surface area (Å²) in [6, 6.07) is 21.7. The number of carbonyl (C=O) groups excluding carboxylic acids is 2. The first-order valence-corrected chi connectivity index (χ1v) is 10.3. The molecule has 6 heteroatoms. The van der Waals surface area contributed by atoms with E-state index in [1.165, 1.54) is 4.90 Å². The highest BCUT2D eigenvalue weighted by molar-refractivity contribution is 6.00. The van der Waals surface area contributed by atoms with Crippen molar-refractivity contribution in [2.45, 2.75) is 31.7 Å². The molecule has 0 aliphatic rings. The standard InChI is InChI=1S/C25H26N2O4/c26-23(28)15-14-22(25(30)31)27(16-6-9-18-7-2-1-3-8-18)24(29)21-13-12-19-10-4-5-11-20(19)17-21/h1-5,7-8,10-13,17,22H,6,9,14-16H2,(H2,26,28)(H,30,31)/t22-/m0/s1. The fourth-order valence-electron chi connectivity index (χ4n) is 3.68. The average molecular weight is 418 g/mol. The number of carboxylic acid groups (broad SMARTS) is 1. The quantitative estimate of drug-likeness (QED) is 0.525. The van der Waals surface area contributed by atoms with Crippen molar-refractivity contribution in [2.75, 3.05) is 6.54 Å². The van der Waals surface area contributed by atoms with E-state index in [9.17, 15) is 19.5 Å². The van der Waals surface area contributed by atoms with Gasteiger partial charge in [0.2, 0.25) is 5.91 Å². The summed E-state index contributed by atoms with van der Waals surface area (Å²) < 4.78 is 0. The predicted octanol–water partition coefficient (Wildman–Crippen LogP) is 3.63. The second kappa shape index (κ2) is 10.4. The second-order valence-electron chi connectivity index (χ2n) is 7.51. The molecule has 0 fully saturated rings. The van der Waals surface area contributed by atoms with Gasteiger partial charge in [-0.2, -0.15) is 0 Å². The molecule has 0 radical (unpaired) electrons. The monoisotopic (exact) mass is 418 g/mol. The Morgan fingerprint density at radius 3 is 2.26 bits per heavy atom. The van der Waals surface area contributed by atoms with E-state index in [1.807, 2.05) is 60.7 Å². The minimum Gasteiger partial charge on any atom is -0.480 e. The molecule has 0 heterocycles. The summed E-state index contributed by atoms with van der Waals surface area (Å²) in [4.78, 5) is 38.0. The van der Waals surface area contributed by atoms with Crippen molar-refractivity contribution in [3.8, 4) is 0 Å². The van der Waals surface area contributed by atoms with Gasteiger partial charge in [-0.05, 0) is 47.7 Å². The van der Waals surface area contributed by atoms with Gasteiger partial charge in [0.25, 0.3) is 5.91 Å². The van der Waals surface area contributed by atoms with Crippen LogP contribution in [0.5, 0.6) is 0 Å². The maximum atomic E-state index is 13.4. The first-order valence-electron chi connectivity index (χ1n) is 10.3. The number of nitrogens with zero attached hydrogens (tertiary/aromatic N) is 1. The summed E-state index contributed by atoms with van der Waals surface area (Å²) in [6.45, 7) is 0.260. The lowest BCUT2D eigenvalue weighted by atomic mass is 10.0. The Bertz CT molecular complexity index is 1070. The average Bonchev–Trinajstić information content (AvgIpc) is 2.77. The van der Waals surface area contributed by atoms with E-state index in [2.05, 4.69) is 0 Å². The van der Waals surface area contributed by atoms with E-state index in [0.29, 0.717) is 18.4 Å². The maximum Gasteiger partial charge on any atom is 0.326 e. The molecular weight excluding hydrogens is 392 g/mol. The lowest BCUT2D eigenvalue weighted by Crippen LogP contribution is -2.46. The van der Waals surface area contributed by atoms with Crippen LogP contribution in [0.4, 0.5) is 0 Å². The van der Waals surface area contributed by atoms with Gasteiger partial charge in [-0.25, -0.2) is 4.79 Å². The Morgan fingerprint density at radius 2 is 1.58 bits per heavy atom. The van der Waals surface area contributed by atoms with Gasteiger partial charge >= 0.3 is 5.97 Å². The summed E-state index contributed by atoms with van der Waals surface area (Å²) in [5.74, 6) is -2.10. The molecule has 3 aromatic carbocycles. The number of hydrogen-bond donors (Lipinski definition) is 2. The van der Waals surface area contributed by atoms with Crippen LogP contribution in [0.1, 0.15) is 35.2 Å². The Labute approximate surface area is 181 Å². The largest absolute Gasteiger partial charge is 0.480 e. The molecule has 0 saturated heterocycles. The third-order valence-electron chi connectivity index (χ3n) is 5.29. The molecule has 3 rings (SSSR count). The number of rotatable bonds is 10. The van der Waals surface area contributed by atoms with Crippen molar-refractivity contribution in [1.29, 1.82) is 0 Å². The number of aryl methyl sites for hydroxylation is 1.